The number of sulfone groups is 1. The number of carbonyl (C=O) groups is 1. The number of hydrogen-bond donors (Lipinski definition) is 1. The summed E-state index contributed by atoms with van der Waals surface area (Å²) in [6.07, 6.45) is -4.58. The van der Waals surface area contributed by atoms with Gasteiger partial charge in [0.25, 0.3) is 0 Å². The van der Waals surface area contributed by atoms with Crippen LogP contribution in [0.3, 0.4) is 0 Å². The van der Waals surface area contributed by atoms with Gasteiger partial charge in [0.1, 0.15) is 4.90 Å². The fourth-order valence-electron chi connectivity index (χ4n) is 3.13. The van der Waals surface area contributed by atoms with Crippen LogP contribution in [0.2, 0.25) is 0 Å². The molecule has 1 fully saturated rings. The molecule has 0 aromatic carbocycles. The van der Waals surface area contributed by atoms with Gasteiger partial charge in [-0.05, 0) is 32.6 Å². The molecule has 25 heavy (non-hydrogen) atoms. The van der Waals surface area contributed by atoms with Gasteiger partial charge in [-0.15, -0.1) is 0 Å². The van der Waals surface area contributed by atoms with Crippen LogP contribution in [-0.2, 0) is 23.1 Å². The van der Waals surface area contributed by atoms with Crippen LogP contribution in [-0.4, -0.2) is 52.1 Å². The van der Waals surface area contributed by atoms with Crippen LogP contribution >= 0.6 is 0 Å². The Hall–Kier alpha value is -1.78. The molecule has 1 aliphatic heterocycles. The van der Waals surface area contributed by atoms with E-state index in [9.17, 15) is 26.4 Å². The van der Waals surface area contributed by atoms with E-state index in [0.717, 1.165) is 10.9 Å². The molecule has 1 aliphatic rings. The molecule has 0 spiro atoms. The minimum Gasteiger partial charge on any atom is -0.465 e. The Morgan fingerprint density at radius 2 is 1.80 bits per heavy atom. The van der Waals surface area contributed by atoms with E-state index in [2.05, 4.69) is 5.10 Å². The lowest BCUT2D eigenvalue weighted by atomic mass is 9.86. The van der Waals surface area contributed by atoms with Crippen molar-refractivity contribution in [2.24, 2.45) is 13.0 Å². The Bertz CT molecular complexity index is 763. The van der Waals surface area contributed by atoms with Crippen LogP contribution in [0.15, 0.2) is 11.1 Å². The molecule has 1 aromatic heterocycles. The summed E-state index contributed by atoms with van der Waals surface area (Å²) >= 11 is 0. The minimum absolute atomic E-state index is 0.151. The Morgan fingerprint density at radius 3 is 2.24 bits per heavy atom. The van der Waals surface area contributed by atoms with E-state index in [1.165, 1.54) is 25.8 Å². The van der Waals surface area contributed by atoms with Crippen molar-refractivity contribution in [3.05, 3.63) is 11.9 Å². The summed E-state index contributed by atoms with van der Waals surface area (Å²) in [5, 5.41) is 12.2. The Morgan fingerprint density at radius 1 is 1.28 bits per heavy atom. The van der Waals surface area contributed by atoms with Crippen LogP contribution in [0.1, 0.15) is 32.4 Å². The van der Waals surface area contributed by atoms with E-state index in [-0.39, 0.29) is 25.9 Å². The normalized spacial score (nSPS) is 17.8. The number of aryl methyl sites for hydroxylation is 1. The van der Waals surface area contributed by atoms with Crippen LogP contribution in [0.4, 0.5) is 18.0 Å². The highest BCUT2D eigenvalue weighted by molar-refractivity contribution is 7.92. The second-order valence-corrected chi connectivity index (χ2v) is 9.16. The lowest BCUT2D eigenvalue weighted by Gasteiger charge is -2.39. The average molecular weight is 383 g/mol. The highest BCUT2D eigenvalue weighted by Gasteiger charge is 2.49. The fraction of sp³-hybridized carbons (Fsp3) is 0.714. The molecule has 1 aromatic rings. The third-order valence-electron chi connectivity index (χ3n) is 4.79. The van der Waals surface area contributed by atoms with Gasteiger partial charge in [0, 0.05) is 26.3 Å². The molecule has 0 unspecified atom stereocenters. The zero-order valence-corrected chi connectivity index (χ0v) is 14.9. The molecule has 0 bridgehead atoms. The number of likely N-dealkylation sites (tertiary alicyclic amines) is 1. The number of rotatable bonds is 3. The van der Waals surface area contributed by atoms with E-state index >= 15 is 0 Å². The number of halogens is 3. The van der Waals surface area contributed by atoms with Crippen LogP contribution in [0.5, 0.6) is 0 Å². The first-order valence-electron chi connectivity index (χ1n) is 7.62. The predicted octanol–water partition coefficient (Wildman–Crippen LogP) is 2.38. The number of hydrogen-bond acceptors (Lipinski definition) is 4. The first-order chi connectivity index (χ1) is 11.3. The van der Waals surface area contributed by atoms with Crippen molar-refractivity contribution >= 4 is 15.9 Å². The number of alkyl halides is 3. The maximum atomic E-state index is 13.2. The topological polar surface area (TPSA) is 92.5 Å². The summed E-state index contributed by atoms with van der Waals surface area (Å²) in [5.41, 5.74) is -1.42. The highest BCUT2D eigenvalue weighted by atomic mass is 32.2. The molecule has 1 amide bonds. The monoisotopic (exact) mass is 383 g/mol. The van der Waals surface area contributed by atoms with Crippen molar-refractivity contribution in [2.45, 2.75) is 42.5 Å². The fourth-order valence-corrected chi connectivity index (χ4v) is 5.07. The van der Waals surface area contributed by atoms with Gasteiger partial charge in [0.05, 0.1) is 4.75 Å². The van der Waals surface area contributed by atoms with Gasteiger partial charge >= 0.3 is 12.3 Å². The summed E-state index contributed by atoms with van der Waals surface area (Å²) in [7, 11) is -3.11. The molecular formula is C14H20F3N3O4S. The second-order valence-electron chi connectivity index (χ2n) is 6.66. The molecule has 0 atom stereocenters. The molecule has 0 radical (unpaired) electrons. The zero-order chi connectivity index (χ0) is 19.2. The number of piperidine rings is 1. The molecule has 7 nitrogen and oxygen atoms in total. The molecule has 2 heterocycles. The minimum atomic E-state index is -4.88. The Kier molecular flexibility index (Phi) is 4.84. The molecule has 2 rings (SSSR count). The van der Waals surface area contributed by atoms with Gasteiger partial charge in [-0.2, -0.15) is 18.3 Å². The van der Waals surface area contributed by atoms with Crippen molar-refractivity contribution in [1.29, 1.82) is 0 Å². The third-order valence-corrected chi connectivity index (χ3v) is 7.39. The first kappa shape index (κ1) is 19.5. The second kappa shape index (κ2) is 6.19. The first-order valence-corrected chi connectivity index (χ1v) is 9.10. The molecule has 11 heteroatoms. The summed E-state index contributed by atoms with van der Waals surface area (Å²) in [4.78, 5) is 11.3. The van der Waals surface area contributed by atoms with Crippen molar-refractivity contribution in [2.75, 3.05) is 13.1 Å². The molecule has 142 valence electrons. The number of amides is 1. The molecule has 0 aliphatic carbocycles. The van der Waals surface area contributed by atoms with Gasteiger partial charge in [-0.25, -0.2) is 13.2 Å². The van der Waals surface area contributed by atoms with E-state index < -0.39 is 43.4 Å². The number of nitrogens with zero attached hydrogens (tertiary/aromatic N) is 3. The smallest absolute Gasteiger partial charge is 0.436 e. The molecule has 1 saturated heterocycles. The van der Waals surface area contributed by atoms with Crippen molar-refractivity contribution in [3.63, 3.8) is 0 Å². The highest BCUT2D eigenvalue weighted by Crippen LogP contribution is 2.41. The van der Waals surface area contributed by atoms with Gasteiger partial charge in [-0.3, -0.25) is 4.68 Å². The quantitative estimate of drug-likeness (QED) is 0.865. The largest absolute Gasteiger partial charge is 0.465 e. The van der Waals surface area contributed by atoms with Gasteiger partial charge in [0.15, 0.2) is 15.5 Å². The average Bonchev–Trinajstić information content (AvgIpc) is 2.90. The maximum absolute atomic E-state index is 13.2. The third kappa shape index (κ3) is 3.46. The summed E-state index contributed by atoms with van der Waals surface area (Å²) in [6, 6.07) is 0. The maximum Gasteiger partial charge on any atom is 0.436 e. The van der Waals surface area contributed by atoms with Gasteiger partial charge in [0.2, 0.25) is 0 Å². The van der Waals surface area contributed by atoms with Crippen molar-refractivity contribution < 1.29 is 31.5 Å². The lowest BCUT2D eigenvalue weighted by Crippen LogP contribution is -2.47. The molecule has 1 N–H and O–H groups in total. The zero-order valence-electron chi connectivity index (χ0n) is 14.0. The summed E-state index contributed by atoms with van der Waals surface area (Å²) < 4.78 is 64.7. The van der Waals surface area contributed by atoms with Crippen LogP contribution in [0.25, 0.3) is 0 Å². The lowest BCUT2D eigenvalue weighted by molar-refractivity contribution is -0.143. The van der Waals surface area contributed by atoms with E-state index in [1.807, 2.05) is 0 Å². The standard InChI is InChI=1S/C14H20F3N3O4S/c1-13(2,9-4-6-20(7-5-9)12(21)22)25(23,24)10-8-19(3)18-11(10)14(15,16)17/h8-9H,4-7H2,1-3H3,(H,21,22). The van der Waals surface area contributed by atoms with Crippen molar-refractivity contribution in [1.82, 2.24) is 14.7 Å². The van der Waals surface area contributed by atoms with E-state index in [1.54, 1.807) is 0 Å². The summed E-state index contributed by atoms with van der Waals surface area (Å²) in [6.45, 7) is 3.07. The Balaban J connectivity index is 2.38. The predicted molar refractivity (Wildman–Crippen MR) is 81.8 cm³/mol. The van der Waals surface area contributed by atoms with Crippen LogP contribution < -0.4 is 0 Å². The summed E-state index contributed by atoms with van der Waals surface area (Å²) in [5.74, 6) is -0.464. The SMILES string of the molecule is Cn1cc(S(=O)(=O)C(C)(C)C2CCN(C(=O)O)CC2)c(C(F)(F)F)n1. The number of aromatic nitrogens is 2. The van der Waals surface area contributed by atoms with Gasteiger partial charge in [-0.1, -0.05) is 0 Å². The Labute approximate surface area is 143 Å². The van der Waals surface area contributed by atoms with Crippen molar-refractivity contribution in [3.8, 4) is 0 Å². The van der Waals surface area contributed by atoms with Gasteiger partial charge < -0.3 is 10.0 Å². The van der Waals surface area contributed by atoms with E-state index in [0.29, 0.717) is 0 Å². The molecule has 0 saturated carbocycles. The number of carboxylic acid groups (broad SMARTS) is 1. The van der Waals surface area contributed by atoms with E-state index in [4.69, 9.17) is 5.11 Å². The van der Waals surface area contributed by atoms with Crippen LogP contribution in [0, 0.1) is 5.92 Å². The molecular weight excluding hydrogens is 363 g/mol.